The predicted octanol–water partition coefficient (Wildman–Crippen LogP) is 0.605. The van der Waals surface area contributed by atoms with E-state index in [9.17, 15) is 53.4 Å². The van der Waals surface area contributed by atoms with Crippen molar-refractivity contribution in [2.75, 3.05) is 19.6 Å². The van der Waals surface area contributed by atoms with Gasteiger partial charge in [0.05, 0.1) is 6.54 Å². The number of para-hydroxylation sites is 1. The highest BCUT2D eigenvalue weighted by Gasteiger charge is 2.35. The first kappa shape index (κ1) is 60.4. The Kier molecular flexibility index (Phi) is 26.1. The molecule has 0 aliphatic rings. The predicted molar refractivity (Wildman–Crippen MR) is 274 cm³/mol. The van der Waals surface area contributed by atoms with Crippen LogP contribution in [0.4, 0.5) is 0 Å². The second kappa shape index (κ2) is 31.5. The summed E-state index contributed by atoms with van der Waals surface area (Å²) in [6, 6.07) is 6.86. The van der Waals surface area contributed by atoms with Gasteiger partial charge in [0.25, 0.3) is 0 Å². The number of fused-ring (bicyclic) bond motifs is 1. The van der Waals surface area contributed by atoms with Gasteiger partial charge in [-0.3, -0.25) is 38.4 Å². The van der Waals surface area contributed by atoms with Crippen molar-refractivity contribution in [3.05, 3.63) is 71.9 Å². The maximum absolute atomic E-state index is 14.3. The zero-order valence-corrected chi connectivity index (χ0v) is 42.4. The number of carbonyl (C=O) groups is 9. The van der Waals surface area contributed by atoms with Gasteiger partial charge in [0.1, 0.15) is 42.3 Å². The van der Waals surface area contributed by atoms with Crippen molar-refractivity contribution < 1.29 is 53.4 Å². The standard InChI is InChI=1S/C51H77N11O11/c1-30(2)24-39(56-43(63)28-54)48(69)61-41(26-32-14-6-5-7-15-32)50(71)59-38(20-21-44(64)65)47(68)58-36(18-10-12-22-52)45(66)57-37(19-11-13-23-53)46(67)60-40(25-31(3)4)49(70)62-42(51(72)73)27-33-29-55-35-17-9-8-16-34(33)35/h5-9,14-17,29-31,36-42,55H,10-13,18-28,52-54H2,1-4H3,(H,56,63)(H,57,66)(H,58,68)(H,59,71)(H,60,67)(H,61,69)(H,62,70)(H,64,65)(H,72,73)/t36-,37-,38-,39-,40-,41-,42-/m0/s1. The topological polar surface area (TPSA) is 372 Å². The summed E-state index contributed by atoms with van der Waals surface area (Å²) in [4.78, 5) is 124. The van der Waals surface area contributed by atoms with Crippen LogP contribution in [0.2, 0.25) is 0 Å². The van der Waals surface area contributed by atoms with Crippen molar-refractivity contribution >= 4 is 64.2 Å². The van der Waals surface area contributed by atoms with Crippen LogP contribution in [0.5, 0.6) is 0 Å². The van der Waals surface area contributed by atoms with E-state index in [1.54, 1.807) is 36.5 Å². The molecule has 3 aromatic rings. The first-order chi connectivity index (χ1) is 34.8. The summed E-state index contributed by atoms with van der Waals surface area (Å²) < 4.78 is 0. The Labute approximate surface area is 426 Å². The highest BCUT2D eigenvalue weighted by atomic mass is 16.4. The normalized spacial score (nSPS) is 14.2. The number of unbranched alkanes of at least 4 members (excludes halogenated alkanes) is 2. The number of amides is 7. The molecule has 22 heteroatoms. The van der Waals surface area contributed by atoms with Crippen LogP contribution < -0.4 is 54.4 Å². The number of carboxylic acid groups (broad SMARTS) is 2. The highest BCUT2D eigenvalue weighted by molar-refractivity contribution is 5.98. The van der Waals surface area contributed by atoms with E-state index in [0.29, 0.717) is 36.8 Å². The van der Waals surface area contributed by atoms with Crippen molar-refractivity contribution in [2.45, 2.75) is 147 Å². The summed E-state index contributed by atoms with van der Waals surface area (Å²) >= 11 is 0. The number of carbonyl (C=O) groups excluding carboxylic acids is 7. The molecule has 0 aliphatic heterocycles. The Bertz CT molecular complexity index is 2290. The van der Waals surface area contributed by atoms with E-state index >= 15 is 0 Å². The Morgan fingerprint density at radius 3 is 1.44 bits per heavy atom. The summed E-state index contributed by atoms with van der Waals surface area (Å²) in [7, 11) is 0. The molecule has 16 N–H and O–H groups in total. The minimum Gasteiger partial charge on any atom is -0.481 e. The number of aliphatic carboxylic acids is 2. The lowest BCUT2D eigenvalue weighted by Gasteiger charge is -2.28. The number of nitrogens with two attached hydrogens (primary N) is 3. The maximum atomic E-state index is 14.3. The number of nitrogens with one attached hydrogen (secondary N) is 8. The Morgan fingerprint density at radius 2 is 0.945 bits per heavy atom. The third kappa shape index (κ3) is 21.4. The van der Waals surface area contributed by atoms with Crippen LogP contribution in [-0.2, 0) is 56.0 Å². The molecule has 0 unspecified atom stereocenters. The minimum atomic E-state index is -1.54. The Morgan fingerprint density at radius 1 is 0.507 bits per heavy atom. The first-order valence-corrected chi connectivity index (χ1v) is 25.0. The van der Waals surface area contributed by atoms with Crippen molar-refractivity contribution in [1.29, 1.82) is 0 Å². The lowest BCUT2D eigenvalue weighted by atomic mass is 10.00. The molecule has 0 radical (unpaired) electrons. The molecule has 0 saturated carbocycles. The second-order valence-electron chi connectivity index (χ2n) is 19.0. The highest BCUT2D eigenvalue weighted by Crippen LogP contribution is 2.20. The molecular weight excluding hydrogens is 943 g/mol. The van der Waals surface area contributed by atoms with E-state index in [1.165, 1.54) is 0 Å². The smallest absolute Gasteiger partial charge is 0.326 e. The number of aromatic nitrogens is 1. The second-order valence-corrected chi connectivity index (χ2v) is 19.0. The molecule has 0 aliphatic carbocycles. The zero-order chi connectivity index (χ0) is 54.0. The van der Waals surface area contributed by atoms with Crippen molar-refractivity contribution in [3.8, 4) is 0 Å². The summed E-state index contributed by atoms with van der Waals surface area (Å²) in [5, 5.41) is 39.1. The molecule has 1 heterocycles. The maximum Gasteiger partial charge on any atom is 0.326 e. The molecular formula is C51H77N11O11. The molecule has 7 amide bonds. The number of hydrogen-bond acceptors (Lipinski definition) is 12. The van der Waals surface area contributed by atoms with Gasteiger partial charge < -0.3 is 69.6 Å². The lowest BCUT2D eigenvalue weighted by molar-refractivity contribution is -0.142. The molecule has 2 aromatic carbocycles. The lowest BCUT2D eigenvalue weighted by Crippen LogP contribution is -2.60. The Balaban J connectivity index is 1.90. The average Bonchev–Trinajstić information content (AvgIpc) is 3.75. The zero-order valence-electron chi connectivity index (χ0n) is 42.4. The van der Waals surface area contributed by atoms with E-state index < -0.39 is 108 Å². The van der Waals surface area contributed by atoms with Crippen LogP contribution in [-0.4, -0.2) is 130 Å². The van der Waals surface area contributed by atoms with E-state index in [0.717, 1.165) is 10.9 Å². The van der Waals surface area contributed by atoms with Crippen LogP contribution in [0.1, 0.15) is 103 Å². The van der Waals surface area contributed by atoms with E-state index in [2.05, 4.69) is 42.2 Å². The van der Waals surface area contributed by atoms with Crippen LogP contribution in [0.15, 0.2) is 60.8 Å². The molecule has 3 rings (SSSR count). The van der Waals surface area contributed by atoms with Gasteiger partial charge in [0.2, 0.25) is 41.4 Å². The number of H-pyrrole nitrogens is 1. The summed E-state index contributed by atoms with van der Waals surface area (Å²) in [6.45, 7) is 7.46. The van der Waals surface area contributed by atoms with Gasteiger partial charge in [-0.2, -0.15) is 0 Å². The van der Waals surface area contributed by atoms with Crippen LogP contribution in [0, 0.1) is 11.8 Å². The van der Waals surface area contributed by atoms with Gasteiger partial charge in [0.15, 0.2) is 0 Å². The van der Waals surface area contributed by atoms with Crippen LogP contribution in [0.3, 0.4) is 0 Å². The summed E-state index contributed by atoms with van der Waals surface area (Å²) in [5.41, 5.74) is 19.1. The fourth-order valence-corrected chi connectivity index (χ4v) is 8.13. The van der Waals surface area contributed by atoms with Gasteiger partial charge in [-0.15, -0.1) is 0 Å². The van der Waals surface area contributed by atoms with Crippen LogP contribution >= 0.6 is 0 Å². The van der Waals surface area contributed by atoms with Crippen molar-refractivity contribution in [3.63, 3.8) is 0 Å². The SMILES string of the molecule is CC(C)C[C@H](NC(=O)CN)C(=O)N[C@@H](Cc1ccccc1)C(=O)N[C@@H](CCC(=O)O)C(=O)N[C@@H](CCCCN)C(=O)N[C@@H](CCCCN)C(=O)N[C@@H](CC(C)C)C(=O)N[C@@H](Cc1c[nH]c2ccccc12)C(=O)O. The van der Waals surface area contributed by atoms with Gasteiger partial charge >= 0.3 is 11.9 Å². The fraction of sp³-hybridized carbons (Fsp3) is 0.549. The van der Waals surface area contributed by atoms with E-state index in [4.69, 9.17) is 17.2 Å². The molecule has 1 aromatic heterocycles. The quantitative estimate of drug-likeness (QED) is 0.0365. The van der Waals surface area contributed by atoms with Gasteiger partial charge in [-0.25, -0.2) is 4.79 Å². The summed E-state index contributed by atoms with van der Waals surface area (Å²) in [5.74, 6) is -8.15. The number of carboxylic acids is 2. The van der Waals surface area contributed by atoms with E-state index in [1.807, 2.05) is 52.0 Å². The fourth-order valence-electron chi connectivity index (χ4n) is 8.13. The monoisotopic (exact) mass is 1020 g/mol. The number of aromatic amines is 1. The molecule has 0 spiro atoms. The van der Waals surface area contributed by atoms with Gasteiger partial charge in [-0.1, -0.05) is 76.2 Å². The minimum absolute atomic E-state index is 0.00927. The largest absolute Gasteiger partial charge is 0.481 e. The average molecular weight is 1020 g/mol. The number of hydrogen-bond donors (Lipinski definition) is 13. The van der Waals surface area contributed by atoms with Crippen LogP contribution in [0.25, 0.3) is 10.9 Å². The van der Waals surface area contributed by atoms with Crippen molar-refractivity contribution in [1.82, 2.24) is 42.2 Å². The molecule has 402 valence electrons. The molecule has 22 nitrogen and oxygen atoms in total. The molecule has 73 heavy (non-hydrogen) atoms. The molecule has 7 atom stereocenters. The molecule has 0 bridgehead atoms. The third-order valence-electron chi connectivity index (χ3n) is 12.0. The van der Waals surface area contributed by atoms with Gasteiger partial charge in [0, 0.05) is 36.4 Å². The number of benzene rings is 2. The Hall–Kier alpha value is -6.91. The van der Waals surface area contributed by atoms with E-state index in [-0.39, 0.29) is 70.0 Å². The third-order valence-corrected chi connectivity index (χ3v) is 12.0. The summed E-state index contributed by atoms with van der Waals surface area (Å²) in [6.07, 6.45) is 2.55. The van der Waals surface area contributed by atoms with Gasteiger partial charge in [-0.05, 0) is 99.9 Å². The molecule has 0 saturated heterocycles. The molecule has 0 fully saturated rings. The number of rotatable bonds is 34. The first-order valence-electron chi connectivity index (χ1n) is 25.0. The van der Waals surface area contributed by atoms with Crippen molar-refractivity contribution in [2.24, 2.45) is 29.0 Å².